The topological polar surface area (TPSA) is 96.2 Å². The SMILES string of the molecule is Cc1cc(Oc2cc(C#N)ccc2-c2ncc3c(n2)CNC3)cc(N2CCOCC2)n1. The van der Waals surface area contributed by atoms with E-state index in [0.717, 1.165) is 54.5 Å². The molecule has 0 radical (unpaired) electrons. The molecule has 2 aliphatic heterocycles. The summed E-state index contributed by atoms with van der Waals surface area (Å²) >= 11 is 0. The van der Waals surface area contributed by atoms with Crippen LogP contribution in [-0.2, 0) is 17.8 Å². The number of pyridine rings is 1. The highest BCUT2D eigenvalue weighted by Crippen LogP contribution is 2.34. The number of morpholine rings is 1. The van der Waals surface area contributed by atoms with Crippen molar-refractivity contribution in [2.75, 3.05) is 31.2 Å². The standard InChI is InChI=1S/C23H22N6O2/c1-15-8-18(10-22(27-15)29-4-6-30-7-5-29)31-21-9-16(11-24)2-3-19(21)23-26-13-17-12-25-14-20(17)28-23/h2-3,8-10,13,25H,4-7,12,14H2,1H3. The van der Waals surface area contributed by atoms with Gasteiger partial charge in [-0.15, -0.1) is 0 Å². The van der Waals surface area contributed by atoms with Crippen LogP contribution < -0.4 is 15.0 Å². The van der Waals surface area contributed by atoms with Gasteiger partial charge in [0.1, 0.15) is 17.3 Å². The van der Waals surface area contributed by atoms with E-state index in [4.69, 9.17) is 14.5 Å². The number of aryl methyl sites for hydroxylation is 1. The van der Waals surface area contributed by atoms with Crippen LogP contribution in [0.25, 0.3) is 11.4 Å². The van der Waals surface area contributed by atoms with Crippen LogP contribution in [0.1, 0.15) is 22.5 Å². The van der Waals surface area contributed by atoms with E-state index in [-0.39, 0.29) is 0 Å². The molecule has 1 fully saturated rings. The molecule has 31 heavy (non-hydrogen) atoms. The quantitative estimate of drug-likeness (QED) is 0.696. The van der Waals surface area contributed by atoms with E-state index < -0.39 is 0 Å². The number of ether oxygens (including phenoxy) is 2. The zero-order chi connectivity index (χ0) is 21.2. The summed E-state index contributed by atoms with van der Waals surface area (Å²) in [7, 11) is 0. The summed E-state index contributed by atoms with van der Waals surface area (Å²) in [6.45, 7) is 6.41. The number of benzene rings is 1. The predicted octanol–water partition coefficient (Wildman–Crippen LogP) is 2.95. The lowest BCUT2D eigenvalue weighted by molar-refractivity contribution is 0.122. The molecule has 1 saturated heterocycles. The van der Waals surface area contributed by atoms with Gasteiger partial charge in [-0.3, -0.25) is 0 Å². The van der Waals surface area contributed by atoms with Gasteiger partial charge in [-0.2, -0.15) is 5.26 Å². The van der Waals surface area contributed by atoms with E-state index in [0.29, 0.717) is 36.1 Å². The number of anilines is 1. The summed E-state index contributed by atoms with van der Waals surface area (Å²) in [4.78, 5) is 16.1. The van der Waals surface area contributed by atoms with Crippen LogP contribution in [0.5, 0.6) is 11.5 Å². The third-order valence-corrected chi connectivity index (χ3v) is 5.39. The van der Waals surface area contributed by atoms with Gasteiger partial charge in [-0.05, 0) is 25.1 Å². The molecule has 8 nitrogen and oxygen atoms in total. The first kappa shape index (κ1) is 19.4. The minimum absolute atomic E-state index is 0.515. The van der Waals surface area contributed by atoms with Crippen molar-refractivity contribution in [2.24, 2.45) is 0 Å². The first-order chi connectivity index (χ1) is 15.2. The van der Waals surface area contributed by atoms with Crippen molar-refractivity contribution in [2.45, 2.75) is 20.0 Å². The number of rotatable bonds is 4. The van der Waals surface area contributed by atoms with E-state index in [2.05, 4.69) is 26.3 Å². The Hall–Kier alpha value is -3.54. The van der Waals surface area contributed by atoms with Gasteiger partial charge in [-0.25, -0.2) is 15.0 Å². The second kappa shape index (κ2) is 8.30. The van der Waals surface area contributed by atoms with Gasteiger partial charge in [-0.1, -0.05) is 0 Å². The smallest absolute Gasteiger partial charge is 0.163 e. The third kappa shape index (κ3) is 4.06. The number of hydrogen-bond acceptors (Lipinski definition) is 8. The number of hydrogen-bond donors (Lipinski definition) is 1. The third-order valence-electron chi connectivity index (χ3n) is 5.39. The summed E-state index contributed by atoms with van der Waals surface area (Å²) in [5.74, 6) is 2.65. The Kier molecular flexibility index (Phi) is 5.20. The maximum Gasteiger partial charge on any atom is 0.163 e. The van der Waals surface area contributed by atoms with Crippen molar-refractivity contribution in [3.63, 3.8) is 0 Å². The van der Waals surface area contributed by atoms with Gasteiger partial charge in [0.25, 0.3) is 0 Å². The number of nitrogens with one attached hydrogen (secondary N) is 1. The fraction of sp³-hybridized carbons (Fsp3) is 0.304. The van der Waals surface area contributed by atoms with E-state index in [1.165, 1.54) is 0 Å². The first-order valence-electron chi connectivity index (χ1n) is 10.3. The highest BCUT2D eigenvalue weighted by molar-refractivity contribution is 5.67. The number of fused-ring (bicyclic) bond motifs is 1. The van der Waals surface area contributed by atoms with Gasteiger partial charge in [0.05, 0.1) is 36.1 Å². The Balaban J connectivity index is 1.51. The molecule has 0 unspecified atom stereocenters. The average molecular weight is 414 g/mol. The summed E-state index contributed by atoms with van der Waals surface area (Å²) < 4.78 is 11.7. The van der Waals surface area contributed by atoms with Gasteiger partial charge >= 0.3 is 0 Å². The Morgan fingerprint density at radius 1 is 1.13 bits per heavy atom. The molecule has 8 heteroatoms. The molecule has 4 heterocycles. The molecule has 1 N–H and O–H groups in total. The van der Waals surface area contributed by atoms with Crippen LogP contribution in [0, 0.1) is 18.3 Å². The molecule has 2 aromatic heterocycles. The van der Waals surface area contributed by atoms with E-state index in [1.54, 1.807) is 12.1 Å². The molecule has 0 atom stereocenters. The maximum absolute atomic E-state index is 9.40. The molecule has 5 rings (SSSR count). The van der Waals surface area contributed by atoms with Gasteiger partial charge in [0, 0.05) is 55.8 Å². The van der Waals surface area contributed by atoms with Crippen LogP contribution in [0.3, 0.4) is 0 Å². The summed E-state index contributed by atoms with van der Waals surface area (Å²) in [5, 5.41) is 12.7. The molecular weight excluding hydrogens is 392 g/mol. The molecule has 0 aliphatic carbocycles. The molecule has 0 saturated carbocycles. The largest absolute Gasteiger partial charge is 0.456 e. The highest BCUT2D eigenvalue weighted by atomic mass is 16.5. The molecule has 0 bridgehead atoms. The lowest BCUT2D eigenvalue weighted by Crippen LogP contribution is -2.36. The lowest BCUT2D eigenvalue weighted by Gasteiger charge is -2.28. The number of nitrogens with zero attached hydrogens (tertiary/aromatic N) is 5. The van der Waals surface area contributed by atoms with Crippen LogP contribution in [0.2, 0.25) is 0 Å². The van der Waals surface area contributed by atoms with Gasteiger partial charge in [0.15, 0.2) is 5.82 Å². The number of aromatic nitrogens is 3. The Labute approximate surface area is 180 Å². The minimum atomic E-state index is 0.515. The van der Waals surface area contributed by atoms with Crippen molar-refractivity contribution < 1.29 is 9.47 Å². The van der Waals surface area contributed by atoms with Crippen LogP contribution in [0.4, 0.5) is 5.82 Å². The van der Waals surface area contributed by atoms with Crippen LogP contribution >= 0.6 is 0 Å². The van der Waals surface area contributed by atoms with Gasteiger partial charge in [0.2, 0.25) is 0 Å². The van der Waals surface area contributed by atoms with E-state index in [9.17, 15) is 5.26 Å². The van der Waals surface area contributed by atoms with Crippen LogP contribution in [0.15, 0.2) is 36.5 Å². The van der Waals surface area contributed by atoms with Crippen molar-refractivity contribution in [3.05, 3.63) is 59.0 Å². The highest BCUT2D eigenvalue weighted by Gasteiger charge is 2.18. The summed E-state index contributed by atoms with van der Waals surface area (Å²) in [6.07, 6.45) is 1.85. The second-order valence-electron chi connectivity index (χ2n) is 7.60. The average Bonchev–Trinajstić information content (AvgIpc) is 3.27. The molecule has 156 valence electrons. The number of nitriles is 1. The predicted molar refractivity (Wildman–Crippen MR) is 115 cm³/mol. The Morgan fingerprint density at radius 2 is 2.00 bits per heavy atom. The molecule has 0 amide bonds. The molecule has 0 spiro atoms. The lowest BCUT2D eigenvalue weighted by atomic mass is 10.1. The Bertz CT molecular complexity index is 1170. The maximum atomic E-state index is 9.40. The van der Waals surface area contributed by atoms with Crippen molar-refractivity contribution in [1.29, 1.82) is 5.26 Å². The summed E-state index contributed by atoms with van der Waals surface area (Å²) in [5.41, 5.74) is 4.23. The van der Waals surface area contributed by atoms with Gasteiger partial charge < -0.3 is 19.7 Å². The molecule has 1 aromatic carbocycles. The fourth-order valence-electron chi connectivity index (χ4n) is 3.81. The normalized spacial score (nSPS) is 15.4. The molecule has 2 aliphatic rings. The van der Waals surface area contributed by atoms with Crippen molar-refractivity contribution in [3.8, 4) is 29.0 Å². The second-order valence-corrected chi connectivity index (χ2v) is 7.60. The zero-order valence-corrected chi connectivity index (χ0v) is 17.3. The first-order valence-corrected chi connectivity index (χ1v) is 10.3. The fourth-order valence-corrected chi connectivity index (χ4v) is 3.81. The zero-order valence-electron chi connectivity index (χ0n) is 17.3. The Morgan fingerprint density at radius 3 is 2.84 bits per heavy atom. The van der Waals surface area contributed by atoms with Crippen molar-refractivity contribution >= 4 is 5.82 Å². The van der Waals surface area contributed by atoms with Crippen LogP contribution in [-0.4, -0.2) is 41.3 Å². The van der Waals surface area contributed by atoms with E-state index >= 15 is 0 Å². The monoisotopic (exact) mass is 414 g/mol. The van der Waals surface area contributed by atoms with Crippen molar-refractivity contribution in [1.82, 2.24) is 20.3 Å². The molecule has 3 aromatic rings. The van der Waals surface area contributed by atoms with E-state index in [1.807, 2.05) is 31.3 Å². The molecular formula is C23H22N6O2. The summed E-state index contributed by atoms with van der Waals surface area (Å²) in [6, 6.07) is 11.3. The minimum Gasteiger partial charge on any atom is -0.456 e.